The first-order valence-corrected chi connectivity index (χ1v) is 6.46. The quantitative estimate of drug-likeness (QED) is 0.883. The first-order chi connectivity index (χ1) is 9.04. The smallest absolute Gasteiger partial charge is 0.241 e. The largest absolute Gasteiger partial charge is 0.496 e. The number of anilines is 1. The Morgan fingerprint density at radius 1 is 1.37 bits per heavy atom. The van der Waals surface area contributed by atoms with Crippen LogP contribution < -0.4 is 15.4 Å². The Morgan fingerprint density at radius 2 is 2.11 bits per heavy atom. The normalized spacial score (nSPS) is 17.6. The molecule has 0 saturated carbocycles. The van der Waals surface area contributed by atoms with E-state index in [2.05, 4.69) is 4.90 Å². The second-order valence-corrected chi connectivity index (χ2v) is 4.92. The van der Waals surface area contributed by atoms with Crippen LogP contribution in [-0.4, -0.2) is 44.6 Å². The maximum absolute atomic E-state index is 11.8. The van der Waals surface area contributed by atoms with Crippen molar-refractivity contribution in [3.8, 4) is 5.75 Å². The molecule has 0 radical (unpaired) electrons. The average molecular weight is 263 g/mol. The van der Waals surface area contributed by atoms with Crippen molar-refractivity contribution < 1.29 is 9.53 Å². The van der Waals surface area contributed by atoms with E-state index in [1.54, 1.807) is 12.0 Å². The topological polar surface area (TPSA) is 58.8 Å². The molecular formula is C14H21N3O2. The number of nitrogens with zero attached hydrogens (tertiary/aromatic N) is 2. The molecule has 1 atom stereocenters. The average Bonchev–Trinajstić information content (AvgIpc) is 2.40. The van der Waals surface area contributed by atoms with Gasteiger partial charge < -0.3 is 20.3 Å². The maximum atomic E-state index is 11.8. The molecule has 1 fully saturated rings. The third-order valence-corrected chi connectivity index (χ3v) is 3.52. The van der Waals surface area contributed by atoms with Crippen molar-refractivity contribution in [2.75, 3.05) is 38.7 Å². The zero-order chi connectivity index (χ0) is 14.0. The fourth-order valence-electron chi connectivity index (χ4n) is 2.41. The number of methoxy groups -OCH3 is 1. The molecule has 1 saturated heterocycles. The standard InChI is InChI=1S/C14H21N3O2/c1-10(15)14-11(5-4-6-12(14)19-3)17-8-7-16(2)13(18)9-17/h4-6,10H,7-9,15H2,1-3H3. The molecule has 19 heavy (non-hydrogen) atoms. The highest BCUT2D eigenvalue weighted by atomic mass is 16.5. The summed E-state index contributed by atoms with van der Waals surface area (Å²) in [4.78, 5) is 15.7. The molecular weight excluding hydrogens is 242 g/mol. The summed E-state index contributed by atoms with van der Waals surface area (Å²) in [7, 11) is 3.47. The maximum Gasteiger partial charge on any atom is 0.241 e. The van der Waals surface area contributed by atoms with Crippen LogP contribution in [-0.2, 0) is 4.79 Å². The number of rotatable bonds is 3. The van der Waals surface area contributed by atoms with Crippen LogP contribution >= 0.6 is 0 Å². The van der Waals surface area contributed by atoms with Crippen molar-refractivity contribution in [3.05, 3.63) is 23.8 Å². The molecule has 2 rings (SSSR count). The molecule has 2 N–H and O–H groups in total. The van der Waals surface area contributed by atoms with Gasteiger partial charge in [-0.05, 0) is 19.1 Å². The second-order valence-electron chi connectivity index (χ2n) is 4.92. The first kappa shape index (κ1) is 13.7. The zero-order valence-corrected chi connectivity index (χ0v) is 11.7. The molecule has 104 valence electrons. The number of hydrogen-bond acceptors (Lipinski definition) is 4. The summed E-state index contributed by atoms with van der Waals surface area (Å²) in [6.45, 7) is 3.87. The molecule has 1 amide bonds. The lowest BCUT2D eigenvalue weighted by molar-refractivity contribution is -0.129. The Labute approximate surface area is 113 Å². The third-order valence-electron chi connectivity index (χ3n) is 3.52. The Kier molecular flexibility index (Phi) is 3.95. The van der Waals surface area contributed by atoms with Crippen LogP contribution in [0.25, 0.3) is 0 Å². The van der Waals surface area contributed by atoms with Crippen molar-refractivity contribution in [2.45, 2.75) is 13.0 Å². The molecule has 1 aromatic rings. The van der Waals surface area contributed by atoms with Crippen LogP contribution in [0, 0.1) is 0 Å². The molecule has 1 aliphatic heterocycles. The van der Waals surface area contributed by atoms with E-state index in [0.29, 0.717) is 6.54 Å². The molecule has 1 aliphatic rings. The van der Waals surface area contributed by atoms with Gasteiger partial charge in [0.25, 0.3) is 0 Å². The monoisotopic (exact) mass is 263 g/mol. The second kappa shape index (κ2) is 5.48. The van der Waals surface area contributed by atoms with Gasteiger partial charge in [-0.25, -0.2) is 0 Å². The molecule has 5 heteroatoms. The number of carbonyl (C=O) groups excluding carboxylic acids is 1. The fraction of sp³-hybridized carbons (Fsp3) is 0.500. The number of benzene rings is 1. The lowest BCUT2D eigenvalue weighted by Gasteiger charge is -2.35. The van der Waals surface area contributed by atoms with Gasteiger partial charge in [0.05, 0.1) is 13.7 Å². The van der Waals surface area contributed by atoms with Gasteiger partial charge in [0.15, 0.2) is 0 Å². The minimum atomic E-state index is -0.138. The van der Waals surface area contributed by atoms with E-state index in [-0.39, 0.29) is 11.9 Å². The van der Waals surface area contributed by atoms with E-state index in [1.165, 1.54) is 0 Å². The first-order valence-electron chi connectivity index (χ1n) is 6.46. The van der Waals surface area contributed by atoms with Crippen LogP contribution in [0.15, 0.2) is 18.2 Å². The number of likely N-dealkylation sites (N-methyl/N-ethyl adjacent to an activating group) is 1. The number of piperazine rings is 1. The Morgan fingerprint density at radius 3 is 2.68 bits per heavy atom. The molecule has 1 unspecified atom stereocenters. The van der Waals surface area contributed by atoms with Gasteiger partial charge in [0.1, 0.15) is 5.75 Å². The van der Waals surface area contributed by atoms with Gasteiger partial charge in [0, 0.05) is 37.4 Å². The number of amides is 1. The highest BCUT2D eigenvalue weighted by Gasteiger charge is 2.25. The molecule has 5 nitrogen and oxygen atoms in total. The van der Waals surface area contributed by atoms with E-state index < -0.39 is 0 Å². The SMILES string of the molecule is COc1cccc(N2CCN(C)C(=O)C2)c1C(C)N. The number of carbonyl (C=O) groups is 1. The lowest BCUT2D eigenvalue weighted by atomic mass is 10.0. The Bertz CT molecular complexity index is 474. The van der Waals surface area contributed by atoms with Gasteiger partial charge in [-0.2, -0.15) is 0 Å². The Balaban J connectivity index is 2.36. The third kappa shape index (κ3) is 2.66. The number of hydrogen-bond donors (Lipinski definition) is 1. The summed E-state index contributed by atoms with van der Waals surface area (Å²) >= 11 is 0. The minimum Gasteiger partial charge on any atom is -0.496 e. The highest BCUT2D eigenvalue weighted by Crippen LogP contribution is 2.34. The predicted molar refractivity (Wildman–Crippen MR) is 75.4 cm³/mol. The molecule has 1 aromatic carbocycles. The van der Waals surface area contributed by atoms with Gasteiger partial charge in [-0.3, -0.25) is 4.79 Å². The summed E-state index contributed by atoms with van der Waals surface area (Å²) in [6.07, 6.45) is 0. The van der Waals surface area contributed by atoms with Crippen molar-refractivity contribution in [3.63, 3.8) is 0 Å². The Hall–Kier alpha value is -1.75. The molecule has 1 heterocycles. The fourth-order valence-corrected chi connectivity index (χ4v) is 2.41. The predicted octanol–water partition coefficient (Wildman–Crippen LogP) is 0.993. The minimum absolute atomic E-state index is 0.129. The van der Waals surface area contributed by atoms with Crippen molar-refractivity contribution >= 4 is 11.6 Å². The summed E-state index contributed by atoms with van der Waals surface area (Å²) in [6, 6.07) is 5.70. The van der Waals surface area contributed by atoms with Crippen LogP contribution in [0.4, 0.5) is 5.69 Å². The molecule has 0 aromatic heterocycles. The van der Waals surface area contributed by atoms with Crippen molar-refractivity contribution in [2.24, 2.45) is 5.73 Å². The summed E-state index contributed by atoms with van der Waals surface area (Å²) in [5.41, 5.74) is 8.01. The van der Waals surface area contributed by atoms with Crippen LogP contribution in [0.5, 0.6) is 5.75 Å². The van der Waals surface area contributed by atoms with Gasteiger partial charge in [-0.15, -0.1) is 0 Å². The van der Waals surface area contributed by atoms with E-state index in [0.717, 1.165) is 30.1 Å². The molecule has 0 spiro atoms. The van der Waals surface area contributed by atoms with Gasteiger partial charge in [-0.1, -0.05) is 6.07 Å². The summed E-state index contributed by atoms with van der Waals surface area (Å²) < 4.78 is 5.38. The molecule has 0 bridgehead atoms. The van der Waals surface area contributed by atoms with Crippen molar-refractivity contribution in [1.29, 1.82) is 0 Å². The summed E-state index contributed by atoms with van der Waals surface area (Å²) in [5, 5.41) is 0. The van der Waals surface area contributed by atoms with E-state index in [4.69, 9.17) is 10.5 Å². The van der Waals surface area contributed by atoms with E-state index in [1.807, 2.05) is 32.2 Å². The van der Waals surface area contributed by atoms with Crippen LogP contribution in [0.1, 0.15) is 18.5 Å². The highest BCUT2D eigenvalue weighted by molar-refractivity contribution is 5.83. The van der Waals surface area contributed by atoms with Gasteiger partial charge in [0.2, 0.25) is 5.91 Å². The zero-order valence-electron chi connectivity index (χ0n) is 11.7. The van der Waals surface area contributed by atoms with Crippen LogP contribution in [0.2, 0.25) is 0 Å². The van der Waals surface area contributed by atoms with Crippen LogP contribution in [0.3, 0.4) is 0 Å². The van der Waals surface area contributed by atoms with E-state index >= 15 is 0 Å². The summed E-state index contributed by atoms with van der Waals surface area (Å²) in [5.74, 6) is 0.906. The van der Waals surface area contributed by atoms with Gasteiger partial charge >= 0.3 is 0 Å². The molecule has 0 aliphatic carbocycles. The van der Waals surface area contributed by atoms with Crippen molar-refractivity contribution in [1.82, 2.24) is 4.90 Å². The number of nitrogens with two attached hydrogens (primary N) is 1. The lowest BCUT2D eigenvalue weighted by Crippen LogP contribution is -2.49. The van der Waals surface area contributed by atoms with E-state index in [9.17, 15) is 4.79 Å². The number of ether oxygens (including phenoxy) is 1.